The molecule has 0 spiro atoms. The maximum Gasteiger partial charge on any atom is 0.308 e. The minimum atomic E-state index is -1.40. The summed E-state index contributed by atoms with van der Waals surface area (Å²) in [7, 11) is 0. The van der Waals surface area contributed by atoms with E-state index < -0.39 is 45.5 Å². The van der Waals surface area contributed by atoms with Gasteiger partial charge in [0, 0.05) is 25.7 Å². The number of esters is 2. The number of carbonyl (C=O) groups excluding carboxylic acids is 2. The zero-order chi connectivity index (χ0) is 34.6. The maximum absolute atomic E-state index is 12.8. The lowest BCUT2D eigenvalue weighted by atomic mass is 9.97. The van der Waals surface area contributed by atoms with E-state index in [0.717, 1.165) is 0 Å². The Bertz CT molecular complexity index is 1050. The molecule has 0 aromatic rings. The second-order valence-electron chi connectivity index (χ2n) is 15.2. The van der Waals surface area contributed by atoms with Crippen LogP contribution < -0.4 is 0 Å². The van der Waals surface area contributed by atoms with Crippen LogP contribution in [0.2, 0.25) is 0 Å². The highest BCUT2D eigenvalue weighted by Crippen LogP contribution is 2.29. The van der Waals surface area contributed by atoms with E-state index in [0.29, 0.717) is 12.8 Å². The highest BCUT2D eigenvalue weighted by Gasteiger charge is 2.35. The molecule has 0 rings (SSSR count). The fourth-order valence-corrected chi connectivity index (χ4v) is 3.99. The van der Waals surface area contributed by atoms with Gasteiger partial charge in [-0.15, -0.1) is 10.2 Å². The van der Waals surface area contributed by atoms with E-state index in [1.807, 2.05) is 69.2 Å². The lowest BCUT2D eigenvalue weighted by molar-refractivity contribution is -0.161. The van der Waals surface area contributed by atoms with Gasteiger partial charge in [0.1, 0.15) is 0 Å². The van der Waals surface area contributed by atoms with Crippen LogP contribution in [-0.4, -0.2) is 45.5 Å². The molecule has 0 aliphatic carbocycles. The molecule has 248 valence electrons. The predicted molar refractivity (Wildman–Crippen MR) is 168 cm³/mol. The number of hydrogen-bond acceptors (Lipinski definition) is 12. The lowest BCUT2D eigenvalue weighted by Crippen LogP contribution is -2.33. The predicted octanol–water partition coefficient (Wildman–Crippen LogP) is 8.68. The summed E-state index contributed by atoms with van der Waals surface area (Å²) in [6, 6.07) is 4.15. The summed E-state index contributed by atoms with van der Waals surface area (Å²) in [4.78, 5) is 25.6. The van der Waals surface area contributed by atoms with Crippen LogP contribution >= 0.6 is 0 Å². The van der Waals surface area contributed by atoms with Gasteiger partial charge in [0.15, 0.2) is 11.1 Å². The quantitative estimate of drug-likeness (QED) is 0.124. The van der Waals surface area contributed by atoms with Crippen molar-refractivity contribution >= 4 is 11.9 Å². The van der Waals surface area contributed by atoms with Crippen LogP contribution in [0.25, 0.3) is 0 Å². The zero-order valence-electron chi connectivity index (χ0n) is 29.6. The fourth-order valence-electron chi connectivity index (χ4n) is 3.99. The average molecular weight is 617 g/mol. The van der Waals surface area contributed by atoms with Crippen molar-refractivity contribution in [1.82, 2.24) is 0 Å². The van der Waals surface area contributed by atoms with Crippen molar-refractivity contribution in [3.05, 3.63) is 0 Å². The molecule has 0 aliphatic heterocycles. The number of azo groups is 3. The van der Waals surface area contributed by atoms with E-state index in [4.69, 9.17) is 9.47 Å². The molecule has 0 saturated carbocycles. The first-order chi connectivity index (χ1) is 19.8. The molecule has 0 aromatic carbocycles. The number of nitriles is 2. The SMILES string of the molecule is CC(C)CC(C)(N=NC(C)(C)C)OC(=O)CCC(C)(C#N)N=NC(C)(C#N)CCC(=O)OC(C)(CC(C)C)N=NC(C)(C)C. The first-order valence-corrected chi connectivity index (χ1v) is 15.4. The van der Waals surface area contributed by atoms with Gasteiger partial charge in [-0.05, 0) is 93.9 Å². The van der Waals surface area contributed by atoms with E-state index in [1.165, 1.54) is 13.8 Å². The highest BCUT2D eigenvalue weighted by molar-refractivity contribution is 5.70. The summed E-state index contributed by atoms with van der Waals surface area (Å²) in [6.45, 7) is 25.9. The molecule has 0 bridgehead atoms. The van der Waals surface area contributed by atoms with E-state index in [2.05, 4.69) is 42.8 Å². The smallest absolute Gasteiger partial charge is 0.308 e. The van der Waals surface area contributed by atoms with Crippen LogP contribution in [-0.2, 0) is 19.1 Å². The molecule has 12 nitrogen and oxygen atoms in total. The first-order valence-electron chi connectivity index (χ1n) is 15.4. The van der Waals surface area contributed by atoms with Gasteiger partial charge in [-0.25, -0.2) is 0 Å². The summed E-state index contributed by atoms with van der Waals surface area (Å²) in [5.74, 6) is -0.696. The Kier molecular flexibility index (Phi) is 14.9. The molecule has 0 heterocycles. The molecule has 0 radical (unpaired) electrons. The van der Waals surface area contributed by atoms with Gasteiger partial charge in [-0.1, -0.05) is 27.7 Å². The van der Waals surface area contributed by atoms with Crippen LogP contribution in [0.4, 0.5) is 0 Å². The number of ether oxygens (including phenoxy) is 2. The van der Waals surface area contributed by atoms with Crippen molar-refractivity contribution in [1.29, 1.82) is 10.5 Å². The monoisotopic (exact) mass is 616 g/mol. The van der Waals surface area contributed by atoms with Crippen molar-refractivity contribution in [2.24, 2.45) is 42.5 Å². The molecule has 0 N–H and O–H groups in total. The summed E-state index contributed by atoms with van der Waals surface area (Å²) >= 11 is 0. The van der Waals surface area contributed by atoms with Crippen LogP contribution in [0, 0.1) is 34.5 Å². The number of carbonyl (C=O) groups is 2. The molecule has 4 unspecified atom stereocenters. The Labute approximate surface area is 265 Å². The normalized spacial score (nSPS) is 18.4. The Morgan fingerprint density at radius 2 is 0.864 bits per heavy atom. The lowest BCUT2D eigenvalue weighted by Gasteiger charge is -2.28. The molecule has 0 aliphatic rings. The molecular formula is C32H56N8O4. The molecule has 0 saturated heterocycles. The second-order valence-corrected chi connectivity index (χ2v) is 15.2. The molecule has 0 aromatic heterocycles. The second kappa shape index (κ2) is 16.2. The molecule has 0 fully saturated rings. The highest BCUT2D eigenvalue weighted by atomic mass is 16.6. The largest absolute Gasteiger partial charge is 0.436 e. The van der Waals surface area contributed by atoms with Gasteiger partial charge in [-0.2, -0.15) is 31.0 Å². The summed E-state index contributed by atoms with van der Waals surface area (Å²) in [5, 5.41) is 45.3. The van der Waals surface area contributed by atoms with Gasteiger partial charge in [0.2, 0.25) is 11.4 Å². The Balaban J connectivity index is 5.55. The van der Waals surface area contributed by atoms with Gasteiger partial charge in [-0.3, -0.25) is 9.59 Å². The maximum atomic E-state index is 12.8. The standard InChI is InChI=1S/C32H56N8O4/c1-23(2)19-31(13,39-35-27(5,6)7)43-25(41)15-17-29(11,21-33)37-38-30(12,22-34)18-16-26(42)44-32(14,20-24(3)4)40-36-28(8,9)10/h23-24H,15-20H2,1-14H3. The van der Waals surface area contributed by atoms with E-state index in [-0.39, 0.29) is 37.5 Å². The van der Waals surface area contributed by atoms with E-state index in [1.54, 1.807) is 13.8 Å². The Hall–Kier alpha value is -3.28. The number of rotatable bonds is 16. The third-order valence-corrected chi connectivity index (χ3v) is 5.97. The van der Waals surface area contributed by atoms with Crippen LogP contribution in [0.1, 0.15) is 135 Å². The topological polar surface area (TPSA) is 174 Å². The fraction of sp³-hybridized carbons (Fsp3) is 0.875. The van der Waals surface area contributed by atoms with Crippen molar-refractivity contribution in [3.63, 3.8) is 0 Å². The van der Waals surface area contributed by atoms with Gasteiger partial charge >= 0.3 is 11.9 Å². The third-order valence-electron chi connectivity index (χ3n) is 5.97. The van der Waals surface area contributed by atoms with Crippen molar-refractivity contribution < 1.29 is 19.1 Å². The van der Waals surface area contributed by atoms with E-state index >= 15 is 0 Å². The summed E-state index contributed by atoms with van der Waals surface area (Å²) in [6.07, 6.45) is 0.745. The average Bonchev–Trinajstić information content (AvgIpc) is 2.86. The molecule has 12 heteroatoms. The van der Waals surface area contributed by atoms with Crippen molar-refractivity contribution in [2.75, 3.05) is 0 Å². The zero-order valence-corrected chi connectivity index (χ0v) is 29.6. The van der Waals surface area contributed by atoms with Crippen molar-refractivity contribution in [3.8, 4) is 12.1 Å². The summed E-state index contributed by atoms with van der Waals surface area (Å²) < 4.78 is 11.4. The Morgan fingerprint density at radius 1 is 0.568 bits per heavy atom. The summed E-state index contributed by atoms with van der Waals surface area (Å²) in [5.41, 5.74) is -5.95. The van der Waals surface area contributed by atoms with Crippen LogP contribution in [0.15, 0.2) is 30.7 Å². The van der Waals surface area contributed by atoms with Gasteiger partial charge in [0.05, 0.1) is 23.2 Å². The first kappa shape index (κ1) is 40.7. The minimum Gasteiger partial charge on any atom is -0.436 e. The number of nitrogens with zero attached hydrogens (tertiary/aromatic N) is 8. The van der Waals surface area contributed by atoms with Gasteiger partial charge in [0.25, 0.3) is 0 Å². The van der Waals surface area contributed by atoms with Crippen LogP contribution in [0.3, 0.4) is 0 Å². The Morgan fingerprint density at radius 3 is 1.09 bits per heavy atom. The molecule has 44 heavy (non-hydrogen) atoms. The van der Waals surface area contributed by atoms with E-state index in [9.17, 15) is 20.1 Å². The minimum absolute atomic E-state index is 0.00982. The number of hydrogen-bond donors (Lipinski definition) is 0. The molecular weight excluding hydrogens is 560 g/mol. The molecule has 4 atom stereocenters. The van der Waals surface area contributed by atoms with Gasteiger partial charge < -0.3 is 9.47 Å². The molecule has 0 amide bonds. The third kappa shape index (κ3) is 17.7. The van der Waals surface area contributed by atoms with Crippen LogP contribution in [0.5, 0.6) is 0 Å². The van der Waals surface area contributed by atoms with Crippen molar-refractivity contribution in [2.45, 2.75) is 169 Å².